The standard InChI is InChI=1S/C15H14FNO6S/c1-22-12-7-11(16)14(8-13(12)23-2)24(20,21)17-10-5-3-4-9(6-10)15(18)19/h3-8,17H,1-2H3,(H,18,19). The third-order valence-electron chi connectivity index (χ3n) is 3.09. The summed E-state index contributed by atoms with van der Waals surface area (Å²) in [7, 11) is -1.72. The smallest absolute Gasteiger partial charge is 0.335 e. The molecule has 0 amide bonds. The van der Waals surface area contributed by atoms with Gasteiger partial charge in [-0.1, -0.05) is 6.07 Å². The number of aromatic carboxylic acids is 1. The number of anilines is 1. The van der Waals surface area contributed by atoms with Gasteiger partial charge in [0.2, 0.25) is 0 Å². The zero-order valence-electron chi connectivity index (χ0n) is 12.7. The number of carboxylic acid groups (broad SMARTS) is 1. The summed E-state index contributed by atoms with van der Waals surface area (Å²) < 4.78 is 50.9. The van der Waals surface area contributed by atoms with Crippen molar-refractivity contribution in [2.45, 2.75) is 4.90 Å². The molecule has 0 spiro atoms. The molecule has 9 heteroatoms. The van der Waals surface area contributed by atoms with Crippen molar-refractivity contribution >= 4 is 21.7 Å². The predicted molar refractivity (Wildman–Crippen MR) is 83.7 cm³/mol. The highest BCUT2D eigenvalue weighted by atomic mass is 32.2. The van der Waals surface area contributed by atoms with Gasteiger partial charge in [0, 0.05) is 17.8 Å². The highest BCUT2D eigenvalue weighted by molar-refractivity contribution is 7.92. The minimum atomic E-state index is -4.30. The number of carboxylic acids is 1. The number of rotatable bonds is 6. The normalized spacial score (nSPS) is 11.0. The van der Waals surface area contributed by atoms with E-state index in [1.54, 1.807) is 0 Å². The van der Waals surface area contributed by atoms with Crippen LogP contribution in [-0.4, -0.2) is 33.7 Å². The lowest BCUT2D eigenvalue weighted by Gasteiger charge is -2.13. The minimum Gasteiger partial charge on any atom is -0.493 e. The Kier molecular flexibility index (Phi) is 4.93. The summed E-state index contributed by atoms with van der Waals surface area (Å²) in [6, 6.07) is 7.02. The van der Waals surface area contributed by atoms with E-state index in [1.165, 1.54) is 32.4 Å². The molecule has 0 saturated heterocycles. The lowest BCUT2D eigenvalue weighted by atomic mass is 10.2. The SMILES string of the molecule is COc1cc(F)c(S(=O)(=O)Nc2cccc(C(=O)O)c2)cc1OC. The number of nitrogens with one attached hydrogen (secondary N) is 1. The van der Waals surface area contributed by atoms with Gasteiger partial charge in [-0.2, -0.15) is 0 Å². The molecule has 128 valence electrons. The number of sulfonamides is 1. The number of hydrogen-bond donors (Lipinski definition) is 2. The molecule has 2 rings (SSSR count). The molecule has 0 aliphatic heterocycles. The van der Waals surface area contributed by atoms with E-state index in [1.807, 2.05) is 0 Å². The average Bonchev–Trinajstić information content (AvgIpc) is 2.54. The Bertz CT molecular complexity index is 882. The van der Waals surface area contributed by atoms with Gasteiger partial charge in [0.05, 0.1) is 19.8 Å². The molecule has 0 atom stereocenters. The molecule has 0 aliphatic carbocycles. The topological polar surface area (TPSA) is 102 Å². The highest BCUT2D eigenvalue weighted by Crippen LogP contribution is 2.32. The van der Waals surface area contributed by atoms with E-state index in [9.17, 15) is 17.6 Å². The Morgan fingerprint density at radius 3 is 2.33 bits per heavy atom. The minimum absolute atomic E-state index is 0.0101. The van der Waals surface area contributed by atoms with Crippen LogP contribution in [0.1, 0.15) is 10.4 Å². The van der Waals surface area contributed by atoms with E-state index in [0.29, 0.717) is 0 Å². The van der Waals surface area contributed by atoms with E-state index in [2.05, 4.69) is 4.72 Å². The highest BCUT2D eigenvalue weighted by Gasteiger charge is 2.23. The van der Waals surface area contributed by atoms with E-state index >= 15 is 0 Å². The maximum atomic E-state index is 14.1. The van der Waals surface area contributed by atoms with Crippen molar-refractivity contribution in [2.24, 2.45) is 0 Å². The number of benzene rings is 2. The first-order valence-electron chi connectivity index (χ1n) is 6.56. The van der Waals surface area contributed by atoms with Crippen LogP contribution < -0.4 is 14.2 Å². The van der Waals surface area contributed by atoms with Gasteiger partial charge in [-0.05, 0) is 18.2 Å². The maximum Gasteiger partial charge on any atom is 0.335 e. The molecule has 2 aromatic carbocycles. The van der Waals surface area contributed by atoms with Crippen LogP contribution in [0.4, 0.5) is 10.1 Å². The maximum absolute atomic E-state index is 14.1. The first-order chi connectivity index (χ1) is 11.3. The second kappa shape index (κ2) is 6.75. The number of carbonyl (C=O) groups is 1. The van der Waals surface area contributed by atoms with Gasteiger partial charge in [-0.25, -0.2) is 17.6 Å². The fraction of sp³-hybridized carbons (Fsp3) is 0.133. The summed E-state index contributed by atoms with van der Waals surface area (Å²) >= 11 is 0. The number of halogens is 1. The molecule has 0 aliphatic rings. The van der Waals surface area contributed by atoms with Crippen molar-refractivity contribution in [3.05, 3.63) is 47.8 Å². The Morgan fingerprint density at radius 1 is 1.12 bits per heavy atom. The van der Waals surface area contributed by atoms with Crippen molar-refractivity contribution < 1.29 is 32.2 Å². The van der Waals surface area contributed by atoms with Gasteiger partial charge in [-0.3, -0.25) is 4.72 Å². The molecule has 0 fully saturated rings. The molecule has 0 bridgehead atoms. The van der Waals surface area contributed by atoms with Crippen molar-refractivity contribution in [1.29, 1.82) is 0 Å². The van der Waals surface area contributed by atoms with Gasteiger partial charge in [0.15, 0.2) is 11.5 Å². The Morgan fingerprint density at radius 2 is 1.75 bits per heavy atom. The molecule has 0 aromatic heterocycles. The monoisotopic (exact) mass is 355 g/mol. The molecule has 2 N–H and O–H groups in total. The van der Waals surface area contributed by atoms with Gasteiger partial charge >= 0.3 is 5.97 Å². The Balaban J connectivity index is 2.44. The molecule has 0 heterocycles. The van der Waals surface area contributed by atoms with E-state index in [4.69, 9.17) is 14.6 Å². The summed E-state index contributed by atoms with van der Waals surface area (Å²) in [6.45, 7) is 0. The van der Waals surface area contributed by atoms with Crippen LogP contribution in [0.25, 0.3) is 0 Å². The van der Waals surface area contributed by atoms with Crippen LogP contribution in [0.15, 0.2) is 41.3 Å². The zero-order chi connectivity index (χ0) is 17.9. The van der Waals surface area contributed by atoms with Crippen molar-refractivity contribution in [3.8, 4) is 11.5 Å². The summed E-state index contributed by atoms with van der Waals surface area (Å²) in [6.07, 6.45) is 0. The molecule has 0 unspecified atom stereocenters. The van der Waals surface area contributed by atoms with Crippen LogP contribution in [-0.2, 0) is 10.0 Å². The number of methoxy groups -OCH3 is 2. The van der Waals surface area contributed by atoms with Crippen molar-refractivity contribution in [1.82, 2.24) is 0 Å². The zero-order valence-corrected chi connectivity index (χ0v) is 13.6. The molecular formula is C15H14FNO6S. The van der Waals surface area contributed by atoms with Crippen LogP contribution in [0.5, 0.6) is 11.5 Å². The summed E-state index contributed by atoms with van der Waals surface area (Å²) in [5.41, 5.74) is -0.118. The van der Waals surface area contributed by atoms with E-state index < -0.39 is 26.7 Å². The molecule has 0 radical (unpaired) electrons. The second-order valence-electron chi connectivity index (χ2n) is 4.63. The fourth-order valence-corrected chi connectivity index (χ4v) is 3.09. The van der Waals surface area contributed by atoms with Crippen LogP contribution in [0.3, 0.4) is 0 Å². The summed E-state index contributed by atoms with van der Waals surface area (Å²) in [4.78, 5) is 10.3. The van der Waals surface area contributed by atoms with E-state index in [-0.39, 0.29) is 22.7 Å². The number of ether oxygens (including phenoxy) is 2. The van der Waals surface area contributed by atoms with Gasteiger partial charge in [0.25, 0.3) is 10.0 Å². The summed E-state index contributed by atoms with van der Waals surface area (Å²) in [5, 5.41) is 8.93. The Labute approximate surface area is 137 Å². The molecule has 2 aromatic rings. The van der Waals surface area contributed by atoms with Crippen LogP contribution in [0.2, 0.25) is 0 Å². The lowest BCUT2D eigenvalue weighted by molar-refractivity contribution is 0.0697. The predicted octanol–water partition coefficient (Wildman–Crippen LogP) is 2.34. The van der Waals surface area contributed by atoms with Gasteiger partial charge in [0.1, 0.15) is 10.7 Å². The second-order valence-corrected chi connectivity index (χ2v) is 6.28. The van der Waals surface area contributed by atoms with Crippen molar-refractivity contribution in [3.63, 3.8) is 0 Å². The quantitative estimate of drug-likeness (QED) is 0.825. The molecular weight excluding hydrogens is 341 g/mol. The Hall–Kier alpha value is -2.81. The van der Waals surface area contributed by atoms with Crippen LogP contribution in [0, 0.1) is 5.82 Å². The number of hydrogen-bond acceptors (Lipinski definition) is 5. The van der Waals surface area contributed by atoms with Crippen molar-refractivity contribution in [2.75, 3.05) is 18.9 Å². The average molecular weight is 355 g/mol. The first kappa shape index (κ1) is 17.5. The third kappa shape index (κ3) is 3.57. The van der Waals surface area contributed by atoms with Crippen LogP contribution >= 0.6 is 0 Å². The largest absolute Gasteiger partial charge is 0.493 e. The summed E-state index contributed by atoms with van der Waals surface area (Å²) in [5.74, 6) is -2.16. The lowest BCUT2D eigenvalue weighted by Crippen LogP contribution is -2.15. The molecule has 24 heavy (non-hydrogen) atoms. The van der Waals surface area contributed by atoms with E-state index in [0.717, 1.165) is 18.2 Å². The fourth-order valence-electron chi connectivity index (χ4n) is 1.97. The van der Waals surface area contributed by atoms with Gasteiger partial charge in [-0.15, -0.1) is 0 Å². The third-order valence-corrected chi connectivity index (χ3v) is 4.49. The first-order valence-corrected chi connectivity index (χ1v) is 8.04. The van der Waals surface area contributed by atoms with Gasteiger partial charge < -0.3 is 14.6 Å². The molecule has 0 saturated carbocycles. The molecule has 7 nitrogen and oxygen atoms in total.